The average Bonchev–Trinajstić information content (AvgIpc) is 2.79. The van der Waals surface area contributed by atoms with Crippen LogP contribution in [0.15, 0.2) is 18.2 Å². The Hall–Kier alpha value is -1.17. The molecule has 0 aliphatic rings. The van der Waals surface area contributed by atoms with Gasteiger partial charge in [0.2, 0.25) is 0 Å². The highest BCUT2D eigenvalue weighted by Crippen LogP contribution is 2.25. The van der Waals surface area contributed by atoms with Crippen molar-refractivity contribution in [1.82, 2.24) is 25.5 Å². The van der Waals surface area contributed by atoms with E-state index in [0.717, 1.165) is 18.5 Å². The third-order valence-electron chi connectivity index (χ3n) is 2.86. The number of tetrazole rings is 1. The van der Waals surface area contributed by atoms with Crippen molar-refractivity contribution in [2.45, 2.75) is 25.8 Å². The Balaban J connectivity index is 2.21. The number of aromatic nitrogens is 4. The second kappa shape index (κ2) is 7.02. The zero-order chi connectivity index (χ0) is 14.5. The van der Waals surface area contributed by atoms with Gasteiger partial charge in [0.15, 0.2) is 5.82 Å². The van der Waals surface area contributed by atoms with Crippen molar-refractivity contribution in [3.63, 3.8) is 0 Å². The minimum Gasteiger partial charge on any atom is -0.310 e. The first-order valence-electron chi connectivity index (χ1n) is 6.50. The van der Waals surface area contributed by atoms with Gasteiger partial charge in [0.1, 0.15) is 0 Å². The second-order valence-electron chi connectivity index (χ2n) is 4.61. The van der Waals surface area contributed by atoms with Crippen LogP contribution in [0.5, 0.6) is 0 Å². The Labute approximate surface area is 128 Å². The third kappa shape index (κ3) is 4.16. The summed E-state index contributed by atoms with van der Waals surface area (Å²) >= 11 is 12.2. The summed E-state index contributed by atoms with van der Waals surface area (Å²) in [5.41, 5.74) is 1.03. The lowest BCUT2D eigenvalue weighted by Gasteiger charge is -2.18. The van der Waals surface area contributed by atoms with Gasteiger partial charge in [0.25, 0.3) is 0 Å². The van der Waals surface area contributed by atoms with Gasteiger partial charge in [0.05, 0.1) is 7.05 Å². The molecule has 1 aromatic carbocycles. The van der Waals surface area contributed by atoms with E-state index in [9.17, 15) is 0 Å². The largest absolute Gasteiger partial charge is 0.310 e. The average molecular weight is 314 g/mol. The molecule has 1 N–H and O–H groups in total. The number of hydrogen-bond donors (Lipinski definition) is 1. The van der Waals surface area contributed by atoms with E-state index < -0.39 is 0 Å². The Kier molecular flexibility index (Phi) is 5.34. The first-order valence-corrected chi connectivity index (χ1v) is 7.26. The summed E-state index contributed by atoms with van der Waals surface area (Å²) < 4.78 is 0. The molecule has 108 valence electrons. The van der Waals surface area contributed by atoms with E-state index in [0.29, 0.717) is 22.3 Å². The van der Waals surface area contributed by atoms with E-state index in [1.807, 2.05) is 12.1 Å². The van der Waals surface area contributed by atoms with Crippen LogP contribution in [-0.2, 0) is 13.5 Å². The molecule has 0 radical (unpaired) electrons. The van der Waals surface area contributed by atoms with Crippen LogP contribution >= 0.6 is 23.2 Å². The molecule has 0 bridgehead atoms. The van der Waals surface area contributed by atoms with Gasteiger partial charge in [-0.1, -0.05) is 30.1 Å². The lowest BCUT2D eigenvalue weighted by molar-refractivity contribution is 0.517. The standard InChI is InChI=1S/C13H17Cl2N5/c1-3-4-16-12(8-13-17-19-20(2)18-13)9-5-10(14)7-11(15)6-9/h5-7,12,16H,3-4,8H2,1-2H3. The summed E-state index contributed by atoms with van der Waals surface area (Å²) in [6.45, 7) is 3.02. The summed E-state index contributed by atoms with van der Waals surface area (Å²) in [5, 5.41) is 16.8. The molecule has 0 spiro atoms. The van der Waals surface area contributed by atoms with E-state index >= 15 is 0 Å². The molecule has 7 heteroatoms. The fourth-order valence-electron chi connectivity index (χ4n) is 1.99. The lowest BCUT2D eigenvalue weighted by Crippen LogP contribution is -2.24. The summed E-state index contributed by atoms with van der Waals surface area (Å²) in [6.07, 6.45) is 1.68. The van der Waals surface area contributed by atoms with Crippen LogP contribution < -0.4 is 5.32 Å². The molecule has 1 heterocycles. The van der Waals surface area contributed by atoms with Crippen LogP contribution in [0, 0.1) is 0 Å². The zero-order valence-corrected chi connectivity index (χ0v) is 13.0. The molecule has 0 aliphatic carbocycles. The van der Waals surface area contributed by atoms with Crippen LogP contribution in [0.2, 0.25) is 10.0 Å². The number of benzene rings is 1. The predicted octanol–water partition coefficient (Wildman–Crippen LogP) is 2.80. The highest BCUT2D eigenvalue weighted by Gasteiger charge is 2.15. The molecule has 0 saturated carbocycles. The highest BCUT2D eigenvalue weighted by molar-refractivity contribution is 6.34. The smallest absolute Gasteiger partial charge is 0.176 e. The van der Waals surface area contributed by atoms with Gasteiger partial charge in [-0.25, -0.2) is 0 Å². The maximum Gasteiger partial charge on any atom is 0.176 e. The SMILES string of the molecule is CCCNC(Cc1nnn(C)n1)c1cc(Cl)cc(Cl)c1. The van der Waals surface area contributed by atoms with Gasteiger partial charge in [0, 0.05) is 22.5 Å². The Morgan fingerprint density at radius 1 is 1.25 bits per heavy atom. The zero-order valence-electron chi connectivity index (χ0n) is 11.5. The van der Waals surface area contributed by atoms with Crippen molar-refractivity contribution in [2.75, 3.05) is 6.54 Å². The quantitative estimate of drug-likeness (QED) is 0.891. The van der Waals surface area contributed by atoms with Gasteiger partial charge in [-0.05, 0) is 41.9 Å². The second-order valence-corrected chi connectivity index (χ2v) is 5.48. The number of rotatable bonds is 6. The normalized spacial score (nSPS) is 12.6. The molecule has 1 atom stereocenters. The van der Waals surface area contributed by atoms with E-state index in [2.05, 4.69) is 27.7 Å². The van der Waals surface area contributed by atoms with Gasteiger partial charge < -0.3 is 5.32 Å². The van der Waals surface area contributed by atoms with Gasteiger partial charge >= 0.3 is 0 Å². The Morgan fingerprint density at radius 3 is 2.50 bits per heavy atom. The fraction of sp³-hybridized carbons (Fsp3) is 0.462. The van der Waals surface area contributed by atoms with Crippen molar-refractivity contribution in [3.8, 4) is 0 Å². The minimum absolute atomic E-state index is 0.0651. The Bertz CT molecular complexity index is 549. The monoisotopic (exact) mass is 313 g/mol. The molecule has 20 heavy (non-hydrogen) atoms. The molecule has 0 saturated heterocycles. The molecule has 1 unspecified atom stereocenters. The van der Waals surface area contributed by atoms with Crippen molar-refractivity contribution >= 4 is 23.2 Å². The molecule has 2 rings (SSSR count). The maximum absolute atomic E-state index is 6.08. The summed E-state index contributed by atoms with van der Waals surface area (Å²) in [7, 11) is 1.75. The molecule has 5 nitrogen and oxygen atoms in total. The van der Waals surface area contributed by atoms with Crippen LogP contribution in [0.1, 0.15) is 30.8 Å². The third-order valence-corrected chi connectivity index (χ3v) is 3.30. The summed E-state index contributed by atoms with van der Waals surface area (Å²) in [5.74, 6) is 0.692. The van der Waals surface area contributed by atoms with Crippen molar-refractivity contribution < 1.29 is 0 Å². The molecule has 0 fully saturated rings. The number of halogens is 2. The highest BCUT2D eigenvalue weighted by atomic mass is 35.5. The van der Waals surface area contributed by atoms with Gasteiger partial charge in [-0.2, -0.15) is 4.80 Å². The van der Waals surface area contributed by atoms with E-state index in [1.165, 1.54) is 4.80 Å². The number of hydrogen-bond acceptors (Lipinski definition) is 4. The number of nitrogens with zero attached hydrogens (tertiary/aromatic N) is 4. The molecular weight excluding hydrogens is 297 g/mol. The number of aryl methyl sites for hydroxylation is 1. The summed E-state index contributed by atoms with van der Waals surface area (Å²) in [6, 6.07) is 5.62. The Morgan fingerprint density at radius 2 is 1.95 bits per heavy atom. The van der Waals surface area contributed by atoms with Crippen molar-refractivity contribution in [1.29, 1.82) is 0 Å². The predicted molar refractivity (Wildman–Crippen MR) is 80.0 cm³/mol. The molecular formula is C13H17Cl2N5. The molecule has 0 amide bonds. The van der Waals surface area contributed by atoms with Crippen LogP contribution in [-0.4, -0.2) is 26.8 Å². The van der Waals surface area contributed by atoms with Crippen molar-refractivity contribution in [2.24, 2.45) is 7.05 Å². The molecule has 2 aromatic rings. The summed E-state index contributed by atoms with van der Waals surface area (Å²) in [4.78, 5) is 1.46. The fourth-order valence-corrected chi connectivity index (χ4v) is 2.53. The first-order chi connectivity index (χ1) is 9.58. The van der Waals surface area contributed by atoms with Gasteiger partial charge in [-0.15, -0.1) is 10.2 Å². The first kappa shape index (κ1) is 15.2. The minimum atomic E-state index is 0.0651. The van der Waals surface area contributed by atoms with Crippen molar-refractivity contribution in [3.05, 3.63) is 39.6 Å². The van der Waals surface area contributed by atoms with Crippen LogP contribution in [0.25, 0.3) is 0 Å². The topological polar surface area (TPSA) is 55.6 Å². The molecule has 1 aromatic heterocycles. The van der Waals surface area contributed by atoms with Crippen LogP contribution in [0.3, 0.4) is 0 Å². The van der Waals surface area contributed by atoms with Crippen LogP contribution in [0.4, 0.5) is 0 Å². The number of nitrogens with one attached hydrogen (secondary N) is 1. The lowest BCUT2D eigenvalue weighted by atomic mass is 10.0. The van der Waals surface area contributed by atoms with E-state index in [4.69, 9.17) is 23.2 Å². The maximum atomic E-state index is 6.08. The van der Waals surface area contributed by atoms with E-state index in [1.54, 1.807) is 13.1 Å². The van der Waals surface area contributed by atoms with Gasteiger partial charge in [-0.3, -0.25) is 0 Å². The van der Waals surface area contributed by atoms with E-state index in [-0.39, 0.29) is 6.04 Å². The molecule has 0 aliphatic heterocycles.